The molecule has 0 radical (unpaired) electrons. The van der Waals surface area contributed by atoms with E-state index in [1.807, 2.05) is 50.2 Å². The number of hydrogen-bond acceptors (Lipinski definition) is 4. The predicted octanol–water partition coefficient (Wildman–Crippen LogP) is 9.32. The second kappa shape index (κ2) is 12.5. The Morgan fingerprint density at radius 3 is 1.76 bits per heavy atom. The van der Waals surface area contributed by atoms with Crippen LogP contribution in [0.15, 0.2) is 132 Å². The van der Waals surface area contributed by atoms with Crippen molar-refractivity contribution >= 4 is 15.9 Å². The van der Waals surface area contributed by atoms with E-state index in [-0.39, 0.29) is 6.10 Å². The van der Waals surface area contributed by atoms with Gasteiger partial charge >= 0.3 is 0 Å². The van der Waals surface area contributed by atoms with Gasteiger partial charge in [0.15, 0.2) is 11.9 Å². The molecule has 0 N–H and O–H groups in total. The van der Waals surface area contributed by atoms with E-state index in [4.69, 9.17) is 18.9 Å². The fraction of sp³-hybridized carbons (Fsp3) is 0.189. The molecule has 42 heavy (non-hydrogen) atoms. The Bertz CT molecular complexity index is 1520. The second-order valence-corrected chi connectivity index (χ2v) is 11.4. The minimum atomic E-state index is -0.926. The van der Waals surface area contributed by atoms with E-state index in [1.165, 1.54) is 0 Å². The monoisotopic (exact) mass is 620 g/mol. The van der Waals surface area contributed by atoms with E-state index in [1.54, 1.807) is 0 Å². The topological polar surface area (TPSA) is 36.9 Å². The summed E-state index contributed by atoms with van der Waals surface area (Å²) in [5.74, 6) is 1.50. The van der Waals surface area contributed by atoms with Crippen molar-refractivity contribution in [3.8, 4) is 22.6 Å². The van der Waals surface area contributed by atoms with Crippen molar-refractivity contribution in [1.29, 1.82) is 0 Å². The van der Waals surface area contributed by atoms with Crippen LogP contribution in [0.25, 0.3) is 11.1 Å². The lowest BCUT2D eigenvalue weighted by Crippen LogP contribution is -2.36. The van der Waals surface area contributed by atoms with Crippen LogP contribution in [0.1, 0.15) is 42.4 Å². The van der Waals surface area contributed by atoms with Crippen LogP contribution in [0, 0.1) is 0 Å². The van der Waals surface area contributed by atoms with Gasteiger partial charge in [-0.15, -0.1) is 0 Å². The van der Waals surface area contributed by atoms with Crippen LogP contribution in [-0.4, -0.2) is 19.3 Å². The molecule has 5 heteroatoms. The molecule has 0 aromatic heterocycles. The van der Waals surface area contributed by atoms with Gasteiger partial charge in [0.05, 0.1) is 24.9 Å². The van der Waals surface area contributed by atoms with Crippen molar-refractivity contribution in [3.63, 3.8) is 0 Å². The van der Waals surface area contributed by atoms with Gasteiger partial charge in [0, 0.05) is 21.2 Å². The second-order valence-electron chi connectivity index (χ2n) is 10.5. The average molecular weight is 622 g/mol. The molecule has 0 amide bonds. The Balaban J connectivity index is 1.54. The summed E-state index contributed by atoms with van der Waals surface area (Å²) >= 11 is 3.75. The lowest BCUT2D eigenvalue weighted by molar-refractivity contribution is -0.0469. The third-order valence-electron chi connectivity index (χ3n) is 7.31. The number of rotatable bonds is 9. The molecule has 1 heterocycles. The molecular formula is C37H33BrO4. The van der Waals surface area contributed by atoms with Crippen molar-refractivity contribution in [2.75, 3.05) is 13.2 Å². The van der Waals surface area contributed by atoms with Gasteiger partial charge in [0.2, 0.25) is 0 Å². The van der Waals surface area contributed by atoms with Gasteiger partial charge in [0.1, 0.15) is 11.5 Å². The predicted molar refractivity (Wildman–Crippen MR) is 170 cm³/mol. The zero-order valence-corrected chi connectivity index (χ0v) is 25.3. The van der Waals surface area contributed by atoms with Gasteiger partial charge in [-0.3, -0.25) is 0 Å². The highest BCUT2D eigenvalue weighted by Gasteiger charge is 2.40. The Hall–Kier alpha value is -3.90. The van der Waals surface area contributed by atoms with Crippen molar-refractivity contribution in [3.05, 3.63) is 154 Å². The quantitative estimate of drug-likeness (QED) is 0.154. The summed E-state index contributed by atoms with van der Waals surface area (Å²) in [6.07, 6.45) is -0.471. The number of ether oxygens (including phenoxy) is 4. The van der Waals surface area contributed by atoms with E-state index < -0.39 is 11.9 Å². The van der Waals surface area contributed by atoms with Crippen LogP contribution in [0.5, 0.6) is 11.5 Å². The first-order chi connectivity index (χ1) is 20.5. The van der Waals surface area contributed by atoms with Gasteiger partial charge in [-0.25, -0.2) is 0 Å². The Kier molecular flexibility index (Phi) is 8.43. The zero-order valence-electron chi connectivity index (χ0n) is 23.7. The summed E-state index contributed by atoms with van der Waals surface area (Å²) in [6, 6.07) is 43.4. The number of hydrogen-bond donors (Lipinski definition) is 0. The smallest absolute Gasteiger partial charge is 0.187 e. The van der Waals surface area contributed by atoms with Crippen LogP contribution in [0.4, 0.5) is 0 Å². The minimum absolute atomic E-state index is 0.0766. The molecule has 1 aliphatic rings. The molecule has 1 aliphatic heterocycles. The lowest BCUT2D eigenvalue weighted by atomic mass is 9.80. The van der Waals surface area contributed by atoms with Crippen LogP contribution < -0.4 is 9.47 Å². The molecule has 1 saturated heterocycles. The van der Waals surface area contributed by atoms with Crippen LogP contribution in [0.2, 0.25) is 0 Å². The van der Waals surface area contributed by atoms with Crippen molar-refractivity contribution < 1.29 is 18.9 Å². The van der Waals surface area contributed by atoms with Gasteiger partial charge in [-0.1, -0.05) is 113 Å². The Labute approximate surface area is 256 Å². The Morgan fingerprint density at radius 1 is 0.690 bits per heavy atom. The van der Waals surface area contributed by atoms with Gasteiger partial charge in [-0.2, -0.15) is 0 Å². The molecule has 1 fully saturated rings. The molecule has 212 valence electrons. The zero-order chi connectivity index (χ0) is 28.9. The standard InChI is InChI=1S/C37H33BrO4/c1-26(2)41-31-19-20-34(38)32(25-31)27-18-21-35(33(24-27)36-39-22-23-40-36)42-37(28-12-6-3-7-13-28,29-14-8-4-9-15-29)30-16-10-5-11-17-30/h3-21,24-26,36H,22-23H2,1-2H3. The third-order valence-corrected chi connectivity index (χ3v) is 8.00. The maximum atomic E-state index is 7.30. The molecule has 0 atom stereocenters. The fourth-order valence-electron chi connectivity index (χ4n) is 5.46. The highest BCUT2D eigenvalue weighted by atomic mass is 79.9. The van der Waals surface area contributed by atoms with Crippen molar-refractivity contribution in [2.24, 2.45) is 0 Å². The van der Waals surface area contributed by atoms with Crippen molar-refractivity contribution in [2.45, 2.75) is 31.8 Å². The van der Waals surface area contributed by atoms with Crippen LogP contribution in [-0.2, 0) is 15.1 Å². The van der Waals surface area contributed by atoms with Crippen LogP contribution in [0.3, 0.4) is 0 Å². The third kappa shape index (κ3) is 5.73. The summed E-state index contributed by atoms with van der Waals surface area (Å²) in [4.78, 5) is 0. The molecule has 0 spiro atoms. The molecule has 5 aromatic rings. The SMILES string of the molecule is CC(C)Oc1ccc(Br)c(-c2ccc(OC(c3ccccc3)(c3ccccc3)c3ccccc3)c(C3OCCO3)c2)c1. The number of benzene rings is 5. The van der Waals surface area contributed by atoms with Gasteiger partial charge in [-0.05, 0) is 55.3 Å². The molecule has 0 aliphatic carbocycles. The maximum absolute atomic E-state index is 7.30. The van der Waals surface area contributed by atoms with E-state index in [0.717, 1.165) is 43.6 Å². The first-order valence-corrected chi connectivity index (χ1v) is 15.0. The normalized spacial score (nSPS) is 13.8. The molecule has 0 unspecified atom stereocenters. The first-order valence-electron chi connectivity index (χ1n) is 14.2. The Morgan fingerprint density at radius 2 is 1.24 bits per heavy atom. The van der Waals surface area contributed by atoms with E-state index in [0.29, 0.717) is 19.0 Å². The van der Waals surface area contributed by atoms with E-state index in [9.17, 15) is 0 Å². The molecule has 4 nitrogen and oxygen atoms in total. The summed E-state index contributed by atoms with van der Waals surface area (Å²) in [5.41, 5.74) is 4.98. The maximum Gasteiger partial charge on any atom is 0.187 e. The van der Waals surface area contributed by atoms with Gasteiger partial charge < -0.3 is 18.9 Å². The van der Waals surface area contributed by atoms with E-state index in [2.05, 4.69) is 107 Å². The van der Waals surface area contributed by atoms with Crippen LogP contribution >= 0.6 is 15.9 Å². The summed E-state index contributed by atoms with van der Waals surface area (Å²) in [6.45, 7) is 5.10. The van der Waals surface area contributed by atoms with Crippen molar-refractivity contribution in [1.82, 2.24) is 0 Å². The number of halogens is 1. The summed E-state index contributed by atoms with van der Waals surface area (Å²) in [5, 5.41) is 0. The molecule has 5 aromatic carbocycles. The largest absolute Gasteiger partial charge is 0.491 e. The molecule has 0 bridgehead atoms. The molecular weight excluding hydrogens is 588 g/mol. The minimum Gasteiger partial charge on any atom is -0.491 e. The van der Waals surface area contributed by atoms with Gasteiger partial charge in [0.25, 0.3) is 0 Å². The molecule has 6 rings (SSSR count). The highest BCUT2D eigenvalue weighted by Crippen LogP contribution is 2.45. The summed E-state index contributed by atoms with van der Waals surface area (Å²) in [7, 11) is 0. The lowest BCUT2D eigenvalue weighted by Gasteiger charge is -2.37. The molecule has 0 saturated carbocycles. The first kappa shape index (κ1) is 28.2. The summed E-state index contributed by atoms with van der Waals surface area (Å²) < 4.78 is 26.4. The average Bonchev–Trinajstić information content (AvgIpc) is 3.57. The van der Waals surface area contributed by atoms with E-state index >= 15 is 0 Å². The highest BCUT2D eigenvalue weighted by molar-refractivity contribution is 9.10. The fourth-order valence-corrected chi connectivity index (χ4v) is 5.94.